The lowest BCUT2D eigenvalue weighted by Gasteiger charge is -2.03. The van der Waals surface area contributed by atoms with E-state index in [-0.39, 0.29) is 27.8 Å². The van der Waals surface area contributed by atoms with Crippen LogP contribution in [0.4, 0.5) is 5.69 Å². The molecule has 2 aromatic carbocycles. The number of nitrogens with zero attached hydrogens (tertiary/aromatic N) is 2. The summed E-state index contributed by atoms with van der Waals surface area (Å²) in [5.74, 6) is 0. The van der Waals surface area contributed by atoms with Crippen molar-refractivity contribution in [3.8, 4) is 6.07 Å². The molecule has 0 bridgehead atoms. The summed E-state index contributed by atoms with van der Waals surface area (Å²) >= 11 is 0. The maximum absolute atomic E-state index is 12.6. The highest BCUT2D eigenvalue weighted by molar-refractivity contribution is 5.93. The lowest BCUT2D eigenvalue weighted by atomic mass is 10.0. The molecule has 0 aliphatic heterocycles. The molecule has 122 valence electrons. The molecule has 0 radical (unpaired) electrons. The molecule has 25 heavy (non-hydrogen) atoms. The number of para-hydroxylation sites is 1. The van der Waals surface area contributed by atoms with Crippen LogP contribution < -0.4 is 5.43 Å². The first-order valence-corrected chi connectivity index (χ1v) is 7.39. The van der Waals surface area contributed by atoms with E-state index in [2.05, 4.69) is 0 Å². The summed E-state index contributed by atoms with van der Waals surface area (Å²) in [6.07, 6.45) is 2.57. The van der Waals surface area contributed by atoms with Gasteiger partial charge in [-0.1, -0.05) is 23.8 Å². The molecule has 0 spiro atoms. The number of nitro benzene ring substituents is 1. The monoisotopic (exact) mass is 332 g/mol. The molecule has 0 atom stereocenters. The summed E-state index contributed by atoms with van der Waals surface area (Å²) in [6, 6.07) is 13.1. The Labute approximate surface area is 142 Å². The fraction of sp³-hybridized carbons (Fsp3) is 0.0526. The maximum Gasteiger partial charge on any atom is 0.277 e. The molecule has 0 fully saturated rings. The average Bonchev–Trinajstić information content (AvgIpc) is 2.61. The van der Waals surface area contributed by atoms with Crippen molar-refractivity contribution in [2.75, 3.05) is 0 Å². The molecule has 3 rings (SSSR count). The Hall–Kier alpha value is -3.72. The van der Waals surface area contributed by atoms with E-state index in [4.69, 9.17) is 4.42 Å². The van der Waals surface area contributed by atoms with Crippen molar-refractivity contribution in [3.63, 3.8) is 0 Å². The first-order chi connectivity index (χ1) is 12.0. The zero-order chi connectivity index (χ0) is 18.0. The minimum atomic E-state index is -0.563. The highest BCUT2D eigenvalue weighted by atomic mass is 16.6. The molecular weight excluding hydrogens is 320 g/mol. The first kappa shape index (κ1) is 16.1. The molecule has 0 amide bonds. The van der Waals surface area contributed by atoms with E-state index in [0.29, 0.717) is 11.0 Å². The predicted molar refractivity (Wildman–Crippen MR) is 93.8 cm³/mol. The topological polar surface area (TPSA) is 97.1 Å². The van der Waals surface area contributed by atoms with Crippen LogP contribution in [0.25, 0.3) is 22.6 Å². The number of allylic oxidation sites excluding steroid dienone is 1. The van der Waals surface area contributed by atoms with Crippen molar-refractivity contribution in [2.45, 2.75) is 6.92 Å². The lowest BCUT2D eigenvalue weighted by Crippen LogP contribution is -2.05. The van der Waals surface area contributed by atoms with Crippen LogP contribution in [0, 0.1) is 28.4 Å². The van der Waals surface area contributed by atoms with Gasteiger partial charge in [0, 0.05) is 6.07 Å². The van der Waals surface area contributed by atoms with Gasteiger partial charge in [-0.15, -0.1) is 0 Å². The van der Waals surface area contributed by atoms with Crippen LogP contribution in [-0.2, 0) is 0 Å². The Morgan fingerprint density at radius 2 is 2.04 bits per heavy atom. The van der Waals surface area contributed by atoms with Crippen LogP contribution >= 0.6 is 0 Å². The third-order valence-corrected chi connectivity index (χ3v) is 3.77. The first-order valence-electron chi connectivity index (χ1n) is 7.39. The lowest BCUT2D eigenvalue weighted by molar-refractivity contribution is -0.385. The number of hydrogen-bond acceptors (Lipinski definition) is 5. The SMILES string of the molecule is Cc1ccc2occ(/C=C(\C#N)c3ccccc3[N+](=O)[O-])c(=O)c2c1. The Balaban J connectivity index is 2.21. The van der Waals surface area contributed by atoms with Gasteiger partial charge in [0.25, 0.3) is 5.69 Å². The van der Waals surface area contributed by atoms with Gasteiger partial charge in [-0.05, 0) is 31.2 Å². The van der Waals surface area contributed by atoms with Crippen molar-refractivity contribution < 1.29 is 9.34 Å². The van der Waals surface area contributed by atoms with Gasteiger partial charge in [-0.25, -0.2) is 0 Å². The maximum atomic E-state index is 12.6. The Morgan fingerprint density at radius 3 is 2.76 bits per heavy atom. The molecule has 0 saturated heterocycles. The minimum Gasteiger partial charge on any atom is -0.463 e. The van der Waals surface area contributed by atoms with Crippen molar-refractivity contribution >= 4 is 28.3 Å². The summed E-state index contributed by atoms with van der Waals surface area (Å²) in [5, 5.41) is 21.0. The quantitative estimate of drug-likeness (QED) is 0.409. The summed E-state index contributed by atoms with van der Waals surface area (Å²) in [7, 11) is 0. The predicted octanol–water partition coefficient (Wildman–Crippen LogP) is 4.07. The van der Waals surface area contributed by atoms with E-state index in [0.717, 1.165) is 5.56 Å². The highest BCUT2D eigenvalue weighted by Crippen LogP contribution is 2.26. The molecule has 0 saturated carbocycles. The van der Waals surface area contributed by atoms with Crippen molar-refractivity contribution in [2.24, 2.45) is 0 Å². The molecule has 0 N–H and O–H groups in total. The Kier molecular flexibility index (Phi) is 4.14. The van der Waals surface area contributed by atoms with Crippen LogP contribution in [0.2, 0.25) is 0 Å². The van der Waals surface area contributed by atoms with E-state index >= 15 is 0 Å². The smallest absolute Gasteiger partial charge is 0.277 e. The average molecular weight is 332 g/mol. The van der Waals surface area contributed by atoms with Crippen molar-refractivity contribution in [1.29, 1.82) is 5.26 Å². The summed E-state index contributed by atoms with van der Waals surface area (Å²) in [5.41, 5.74) is 1.18. The standard InChI is InChI=1S/C19H12N2O4/c1-12-6-7-18-16(8-12)19(22)14(11-25-18)9-13(10-20)15-4-2-3-5-17(15)21(23)24/h2-9,11H,1H3/b13-9+. The molecule has 0 unspecified atom stereocenters. The second kappa shape index (κ2) is 6.42. The van der Waals surface area contributed by atoms with Crippen molar-refractivity contribution in [1.82, 2.24) is 0 Å². The summed E-state index contributed by atoms with van der Waals surface area (Å²) in [4.78, 5) is 23.2. The molecule has 1 heterocycles. The number of aryl methyl sites for hydroxylation is 1. The normalized spacial score (nSPS) is 11.3. The van der Waals surface area contributed by atoms with E-state index in [1.54, 1.807) is 18.2 Å². The molecular formula is C19H12N2O4. The van der Waals surface area contributed by atoms with Gasteiger partial charge in [0.1, 0.15) is 17.9 Å². The second-order valence-corrected chi connectivity index (χ2v) is 5.46. The van der Waals surface area contributed by atoms with Gasteiger partial charge in [-0.2, -0.15) is 5.26 Å². The Morgan fingerprint density at radius 1 is 1.28 bits per heavy atom. The molecule has 0 aliphatic rings. The number of rotatable bonds is 3. The fourth-order valence-corrected chi connectivity index (χ4v) is 2.55. The minimum absolute atomic E-state index is 0.0200. The Bertz CT molecular complexity index is 1120. The van der Waals surface area contributed by atoms with E-state index < -0.39 is 4.92 Å². The molecule has 3 aromatic rings. The molecule has 0 aliphatic carbocycles. The van der Waals surface area contributed by atoms with Crippen LogP contribution in [0.5, 0.6) is 0 Å². The fourth-order valence-electron chi connectivity index (χ4n) is 2.55. The van der Waals surface area contributed by atoms with Gasteiger partial charge in [0.15, 0.2) is 5.43 Å². The van der Waals surface area contributed by atoms with E-state index in [9.17, 15) is 20.2 Å². The zero-order valence-electron chi connectivity index (χ0n) is 13.2. The molecule has 1 aromatic heterocycles. The van der Waals surface area contributed by atoms with Crippen LogP contribution in [0.15, 0.2) is 57.9 Å². The van der Waals surface area contributed by atoms with Crippen LogP contribution in [0.3, 0.4) is 0 Å². The number of fused-ring (bicyclic) bond motifs is 1. The molecule has 6 nitrogen and oxygen atoms in total. The molecule has 6 heteroatoms. The number of nitriles is 1. The van der Waals surface area contributed by atoms with E-state index in [1.165, 1.54) is 30.5 Å². The van der Waals surface area contributed by atoms with E-state index in [1.807, 2.05) is 19.1 Å². The van der Waals surface area contributed by atoms with Crippen molar-refractivity contribution in [3.05, 3.63) is 85.8 Å². The van der Waals surface area contributed by atoms with Gasteiger partial charge >= 0.3 is 0 Å². The zero-order valence-corrected chi connectivity index (χ0v) is 13.2. The van der Waals surface area contributed by atoms with Gasteiger partial charge in [0.05, 0.1) is 27.0 Å². The van der Waals surface area contributed by atoms with Gasteiger partial charge in [-0.3, -0.25) is 14.9 Å². The number of nitro groups is 1. The third kappa shape index (κ3) is 3.03. The third-order valence-electron chi connectivity index (χ3n) is 3.77. The van der Waals surface area contributed by atoms with Crippen LogP contribution in [-0.4, -0.2) is 4.92 Å². The van der Waals surface area contributed by atoms with Gasteiger partial charge in [0.2, 0.25) is 0 Å². The second-order valence-electron chi connectivity index (χ2n) is 5.46. The summed E-state index contributed by atoms with van der Waals surface area (Å²) in [6.45, 7) is 1.86. The van der Waals surface area contributed by atoms with Gasteiger partial charge < -0.3 is 4.42 Å². The van der Waals surface area contributed by atoms with Crippen LogP contribution in [0.1, 0.15) is 16.7 Å². The highest BCUT2D eigenvalue weighted by Gasteiger charge is 2.17. The number of benzene rings is 2. The summed E-state index contributed by atoms with van der Waals surface area (Å²) < 4.78 is 5.45. The number of hydrogen-bond donors (Lipinski definition) is 0. The largest absolute Gasteiger partial charge is 0.463 e.